The molecule has 2 aromatic rings. The van der Waals surface area contributed by atoms with E-state index in [0.717, 1.165) is 29.0 Å². The molecule has 10 heteroatoms. The van der Waals surface area contributed by atoms with Crippen LogP contribution in [-0.2, 0) is 31.6 Å². The summed E-state index contributed by atoms with van der Waals surface area (Å²) in [5.74, 6) is -0.807. The van der Waals surface area contributed by atoms with Gasteiger partial charge in [-0.2, -0.15) is 0 Å². The number of hydrogen-bond donors (Lipinski definition) is 1. The average Bonchev–Trinajstić information content (AvgIpc) is 2.82. The molecule has 7 nitrogen and oxygen atoms in total. The van der Waals surface area contributed by atoms with Gasteiger partial charge < -0.3 is 10.2 Å². The first-order valence-electron chi connectivity index (χ1n) is 12.8. The molecule has 2 rings (SSSR count). The van der Waals surface area contributed by atoms with Crippen molar-refractivity contribution >= 4 is 50.7 Å². The van der Waals surface area contributed by atoms with Crippen LogP contribution in [0.1, 0.15) is 65.0 Å². The molecule has 0 spiro atoms. The second kappa shape index (κ2) is 13.7. The van der Waals surface area contributed by atoms with E-state index in [1.165, 1.54) is 4.90 Å². The van der Waals surface area contributed by atoms with Gasteiger partial charge in [0.25, 0.3) is 0 Å². The van der Waals surface area contributed by atoms with E-state index in [1.54, 1.807) is 30.3 Å². The molecule has 0 fully saturated rings. The Morgan fingerprint density at radius 3 is 2.16 bits per heavy atom. The molecule has 0 radical (unpaired) electrons. The third-order valence-electron chi connectivity index (χ3n) is 6.27. The van der Waals surface area contributed by atoms with Gasteiger partial charge in [0.2, 0.25) is 21.8 Å². The molecule has 0 saturated carbocycles. The number of nitrogens with one attached hydrogen (secondary N) is 1. The molecule has 0 aliphatic carbocycles. The van der Waals surface area contributed by atoms with Gasteiger partial charge in [0.05, 0.1) is 11.9 Å². The lowest BCUT2D eigenvalue weighted by Crippen LogP contribution is -2.52. The van der Waals surface area contributed by atoms with E-state index in [9.17, 15) is 18.0 Å². The number of sulfonamides is 1. The first-order chi connectivity index (χ1) is 17.7. The van der Waals surface area contributed by atoms with Crippen molar-refractivity contribution in [2.75, 3.05) is 23.7 Å². The number of benzene rings is 2. The van der Waals surface area contributed by atoms with Gasteiger partial charge in [0.15, 0.2) is 0 Å². The molecule has 38 heavy (non-hydrogen) atoms. The zero-order valence-electron chi connectivity index (χ0n) is 23.1. The molecule has 0 heterocycles. The molecule has 0 aliphatic heterocycles. The zero-order valence-corrected chi connectivity index (χ0v) is 25.4. The van der Waals surface area contributed by atoms with E-state index in [1.807, 2.05) is 26.0 Å². The summed E-state index contributed by atoms with van der Waals surface area (Å²) >= 11 is 12.5. The van der Waals surface area contributed by atoms with Crippen molar-refractivity contribution in [3.8, 4) is 0 Å². The third kappa shape index (κ3) is 8.89. The SMILES string of the molecule is CCCCNC(=O)C(CC)N(Cc1ccc(Cl)cc1Cl)C(=O)CN(c1ccc(C(C)(C)C)cc1)S(C)(=O)=O. The normalized spacial score (nSPS) is 12.6. The number of halogens is 2. The second-order valence-electron chi connectivity index (χ2n) is 10.4. The van der Waals surface area contributed by atoms with E-state index in [0.29, 0.717) is 34.3 Å². The predicted molar refractivity (Wildman–Crippen MR) is 156 cm³/mol. The van der Waals surface area contributed by atoms with Crippen LogP contribution in [0.5, 0.6) is 0 Å². The highest BCUT2D eigenvalue weighted by Crippen LogP contribution is 2.27. The maximum Gasteiger partial charge on any atom is 0.244 e. The Labute approximate surface area is 237 Å². The van der Waals surface area contributed by atoms with Crippen molar-refractivity contribution in [1.29, 1.82) is 0 Å². The van der Waals surface area contributed by atoms with Crippen LogP contribution in [-0.4, -0.2) is 50.5 Å². The summed E-state index contributed by atoms with van der Waals surface area (Å²) < 4.78 is 26.7. The molecule has 210 valence electrons. The molecule has 0 saturated heterocycles. The Morgan fingerprint density at radius 2 is 1.66 bits per heavy atom. The zero-order chi connectivity index (χ0) is 28.7. The van der Waals surface area contributed by atoms with Crippen LogP contribution in [0.15, 0.2) is 42.5 Å². The highest BCUT2D eigenvalue weighted by atomic mass is 35.5. The quantitative estimate of drug-likeness (QED) is 0.321. The minimum Gasteiger partial charge on any atom is -0.354 e. The monoisotopic (exact) mass is 583 g/mol. The van der Waals surface area contributed by atoms with Crippen LogP contribution in [0.4, 0.5) is 5.69 Å². The number of rotatable bonds is 12. The van der Waals surface area contributed by atoms with E-state index in [2.05, 4.69) is 26.1 Å². The fraction of sp³-hybridized carbons (Fsp3) is 0.500. The summed E-state index contributed by atoms with van der Waals surface area (Å²) in [7, 11) is -3.81. The van der Waals surface area contributed by atoms with Crippen molar-refractivity contribution in [3.05, 3.63) is 63.6 Å². The minimum absolute atomic E-state index is 0.0229. The van der Waals surface area contributed by atoms with Gasteiger partial charge >= 0.3 is 0 Å². The van der Waals surface area contributed by atoms with Gasteiger partial charge in [-0.05, 0) is 53.6 Å². The van der Waals surface area contributed by atoms with Crippen LogP contribution in [0.25, 0.3) is 0 Å². The van der Waals surface area contributed by atoms with E-state index >= 15 is 0 Å². The van der Waals surface area contributed by atoms with Crippen molar-refractivity contribution in [1.82, 2.24) is 10.2 Å². The Balaban J connectivity index is 2.45. The number of hydrogen-bond acceptors (Lipinski definition) is 4. The Morgan fingerprint density at radius 1 is 1.03 bits per heavy atom. The van der Waals surface area contributed by atoms with Gasteiger partial charge in [-0.3, -0.25) is 13.9 Å². The van der Waals surface area contributed by atoms with Crippen LogP contribution in [0.2, 0.25) is 10.0 Å². The highest BCUT2D eigenvalue weighted by molar-refractivity contribution is 7.92. The van der Waals surface area contributed by atoms with Crippen LogP contribution >= 0.6 is 23.2 Å². The minimum atomic E-state index is -3.81. The van der Waals surface area contributed by atoms with E-state index in [4.69, 9.17) is 23.2 Å². The van der Waals surface area contributed by atoms with Crippen molar-refractivity contribution in [2.45, 2.75) is 71.9 Å². The molecule has 0 aromatic heterocycles. The molecule has 0 bridgehead atoms. The molecule has 1 atom stereocenters. The van der Waals surface area contributed by atoms with Crippen molar-refractivity contribution in [3.63, 3.8) is 0 Å². The summed E-state index contributed by atoms with van der Waals surface area (Å²) in [5.41, 5.74) is 1.90. The summed E-state index contributed by atoms with van der Waals surface area (Å²) in [5, 5.41) is 3.70. The number of carbonyl (C=O) groups is 2. The van der Waals surface area contributed by atoms with Crippen LogP contribution < -0.4 is 9.62 Å². The van der Waals surface area contributed by atoms with Gasteiger partial charge in [-0.15, -0.1) is 0 Å². The average molecular weight is 585 g/mol. The van der Waals surface area contributed by atoms with Gasteiger partial charge in [-0.1, -0.05) is 82.4 Å². The molecule has 1 N–H and O–H groups in total. The first-order valence-corrected chi connectivity index (χ1v) is 15.4. The topological polar surface area (TPSA) is 86.8 Å². The Bertz CT molecular complexity index is 1210. The van der Waals surface area contributed by atoms with Crippen molar-refractivity contribution in [2.24, 2.45) is 0 Å². The van der Waals surface area contributed by atoms with Crippen LogP contribution in [0, 0.1) is 0 Å². The lowest BCUT2D eigenvalue weighted by Gasteiger charge is -2.33. The maximum atomic E-state index is 13.8. The fourth-order valence-electron chi connectivity index (χ4n) is 4.00. The van der Waals surface area contributed by atoms with Crippen molar-refractivity contribution < 1.29 is 18.0 Å². The number of anilines is 1. The summed E-state index contributed by atoms with van der Waals surface area (Å²) in [6.07, 6.45) is 3.13. The lowest BCUT2D eigenvalue weighted by atomic mass is 9.87. The fourth-order valence-corrected chi connectivity index (χ4v) is 5.32. The smallest absolute Gasteiger partial charge is 0.244 e. The molecule has 2 amide bonds. The third-order valence-corrected chi connectivity index (χ3v) is 8.00. The lowest BCUT2D eigenvalue weighted by molar-refractivity contribution is -0.140. The highest BCUT2D eigenvalue weighted by Gasteiger charge is 2.32. The molecule has 1 unspecified atom stereocenters. The second-order valence-corrected chi connectivity index (χ2v) is 13.1. The molecular weight excluding hydrogens is 545 g/mol. The predicted octanol–water partition coefficient (Wildman–Crippen LogP) is 5.78. The molecule has 2 aromatic carbocycles. The van der Waals surface area contributed by atoms with Gasteiger partial charge in [0, 0.05) is 23.1 Å². The number of unbranched alkanes of at least 4 members (excludes halogenated alkanes) is 1. The molecular formula is C28H39Cl2N3O4S. The number of amides is 2. The largest absolute Gasteiger partial charge is 0.354 e. The Kier molecular flexibility index (Phi) is 11.5. The Hall–Kier alpha value is -2.29. The first kappa shape index (κ1) is 31.9. The molecule has 0 aliphatic rings. The number of carbonyl (C=O) groups excluding carboxylic acids is 2. The summed E-state index contributed by atoms with van der Waals surface area (Å²) in [6, 6.07) is 11.2. The maximum absolute atomic E-state index is 13.8. The van der Waals surface area contributed by atoms with Gasteiger partial charge in [0.1, 0.15) is 12.6 Å². The summed E-state index contributed by atoms with van der Waals surface area (Å²) in [6.45, 7) is 10.1. The van der Waals surface area contributed by atoms with Crippen LogP contribution in [0.3, 0.4) is 0 Å². The number of nitrogens with zero attached hydrogens (tertiary/aromatic N) is 2. The van der Waals surface area contributed by atoms with E-state index < -0.39 is 28.5 Å². The van der Waals surface area contributed by atoms with E-state index in [-0.39, 0.29) is 17.9 Å². The standard InChI is InChI=1S/C28H39Cl2N3O4S/c1-7-9-16-31-27(35)25(8-2)32(18-20-10-13-22(29)17-24(20)30)26(34)19-33(38(6,36)37)23-14-11-21(12-15-23)28(3,4)5/h10-15,17,25H,7-9,16,18-19H2,1-6H3,(H,31,35). The summed E-state index contributed by atoms with van der Waals surface area (Å²) in [4.78, 5) is 28.3. The van der Waals surface area contributed by atoms with Gasteiger partial charge in [-0.25, -0.2) is 8.42 Å².